The fourth-order valence-electron chi connectivity index (χ4n) is 1.10. The van der Waals surface area contributed by atoms with E-state index in [1.165, 1.54) is 0 Å². The van der Waals surface area contributed by atoms with Crippen LogP contribution in [0, 0.1) is 10.1 Å². The molecule has 1 aromatic heterocycles. The number of halogens is 4. The zero-order valence-electron chi connectivity index (χ0n) is 10.0. The highest BCUT2D eigenvalue weighted by Crippen LogP contribution is 2.35. The molecule has 0 saturated heterocycles. The Balaban J connectivity index is 2.58. The summed E-state index contributed by atoms with van der Waals surface area (Å²) in [7, 11) is -4.09. The van der Waals surface area contributed by atoms with E-state index in [4.69, 9.17) is 11.6 Å². The molecule has 13 heteroatoms. The number of rotatable bonds is 7. The number of nitro groups is 1. The van der Waals surface area contributed by atoms with Gasteiger partial charge in [-0.15, -0.1) is 11.3 Å². The van der Waals surface area contributed by atoms with Crippen LogP contribution >= 0.6 is 22.9 Å². The van der Waals surface area contributed by atoms with E-state index in [0.29, 0.717) is 11.3 Å². The highest BCUT2D eigenvalue weighted by Gasteiger charge is 2.28. The summed E-state index contributed by atoms with van der Waals surface area (Å²) >= 11 is 5.99. The average molecular weight is 369 g/mol. The topological polar surface area (TPSA) is 98.5 Å². The van der Waals surface area contributed by atoms with Gasteiger partial charge in [0.25, 0.3) is 5.69 Å². The summed E-state index contributed by atoms with van der Waals surface area (Å²) < 4.78 is 64.2. The van der Waals surface area contributed by atoms with Crippen LogP contribution < -0.4 is 4.72 Å². The van der Waals surface area contributed by atoms with Gasteiger partial charge in [-0.2, -0.15) is 13.2 Å². The van der Waals surface area contributed by atoms with Gasteiger partial charge >= 0.3 is 6.18 Å². The molecule has 0 saturated carbocycles. The Morgan fingerprint density at radius 2 is 2.10 bits per heavy atom. The van der Waals surface area contributed by atoms with E-state index in [1.807, 2.05) is 4.72 Å². The summed E-state index contributed by atoms with van der Waals surface area (Å²) in [6, 6.07) is 0.770. The first-order chi connectivity index (χ1) is 9.53. The van der Waals surface area contributed by atoms with Gasteiger partial charge in [0, 0.05) is 12.6 Å². The fraction of sp³-hybridized carbons (Fsp3) is 0.500. The molecule has 0 aliphatic rings. The van der Waals surface area contributed by atoms with E-state index in [2.05, 4.69) is 4.74 Å². The molecule has 0 amide bonds. The largest absolute Gasteiger partial charge is 0.411 e. The predicted octanol–water partition coefficient (Wildman–Crippen LogP) is 2.17. The predicted molar refractivity (Wildman–Crippen MR) is 68.0 cm³/mol. The van der Waals surface area contributed by atoms with E-state index in [1.54, 1.807) is 0 Å². The van der Waals surface area contributed by atoms with Gasteiger partial charge in [-0.3, -0.25) is 10.1 Å². The summed E-state index contributed by atoms with van der Waals surface area (Å²) in [5, 5.41) is 10.5. The van der Waals surface area contributed by atoms with Crippen molar-refractivity contribution in [3.05, 3.63) is 20.5 Å². The smallest absolute Gasteiger partial charge is 0.371 e. The lowest BCUT2D eigenvalue weighted by Gasteiger charge is -2.08. The first-order valence-electron chi connectivity index (χ1n) is 5.11. The molecule has 120 valence electrons. The lowest BCUT2D eigenvalue weighted by Crippen LogP contribution is -2.28. The van der Waals surface area contributed by atoms with Crippen LogP contribution in [0.4, 0.5) is 18.9 Å². The second-order valence-corrected chi connectivity index (χ2v) is 7.20. The third kappa shape index (κ3) is 5.74. The molecular formula is C8H8ClF3N2O5S2. The number of nitrogens with zero attached hydrogens (tertiary/aromatic N) is 1. The van der Waals surface area contributed by atoms with Crippen LogP contribution in [0.1, 0.15) is 0 Å². The van der Waals surface area contributed by atoms with Gasteiger partial charge < -0.3 is 4.74 Å². The summed E-state index contributed by atoms with van der Waals surface area (Å²) in [5.74, 6) is 0. The lowest BCUT2D eigenvalue weighted by molar-refractivity contribution is -0.384. The Hall–Kier alpha value is -0.950. The molecule has 0 atom stereocenters. The van der Waals surface area contributed by atoms with Crippen molar-refractivity contribution in [1.82, 2.24) is 4.72 Å². The number of hydrogen-bond donors (Lipinski definition) is 1. The maximum Gasteiger partial charge on any atom is 0.411 e. The van der Waals surface area contributed by atoms with E-state index in [-0.39, 0.29) is 4.34 Å². The van der Waals surface area contributed by atoms with Crippen molar-refractivity contribution < 1.29 is 31.2 Å². The summed E-state index contributed by atoms with van der Waals surface area (Å²) in [6.07, 6.45) is -4.50. The molecule has 1 rings (SSSR count). The van der Waals surface area contributed by atoms with Crippen molar-refractivity contribution in [2.45, 2.75) is 10.4 Å². The number of nitrogens with one attached hydrogen (secondary N) is 1. The Bertz CT molecular complexity index is 616. The van der Waals surface area contributed by atoms with E-state index in [9.17, 15) is 31.7 Å². The van der Waals surface area contributed by atoms with Crippen molar-refractivity contribution in [1.29, 1.82) is 0 Å². The monoisotopic (exact) mass is 368 g/mol. The molecule has 7 nitrogen and oxygen atoms in total. The number of ether oxygens (including phenoxy) is 1. The standard InChI is InChI=1S/C8H8ClF3N2O5S2/c9-7-5(14(15)16)3-6(20-7)21(17,18)13-1-2-19-4-8(10,11)12/h3,13H,1-2,4H2. The maximum absolute atomic E-state index is 11.8. The maximum atomic E-state index is 11.8. The van der Waals surface area contributed by atoms with Gasteiger partial charge in [-0.05, 0) is 0 Å². The molecule has 0 aliphatic heterocycles. The molecule has 0 spiro atoms. The number of thiophene rings is 1. The quantitative estimate of drug-likeness (QED) is 0.452. The number of alkyl halides is 3. The molecule has 0 aliphatic carbocycles. The summed E-state index contributed by atoms with van der Waals surface area (Å²) in [5.41, 5.74) is -0.560. The second-order valence-electron chi connectivity index (χ2n) is 3.55. The van der Waals surface area contributed by atoms with E-state index >= 15 is 0 Å². The van der Waals surface area contributed by atoms with Gasteiger partial charge in [-0.25, -0.2) is 13.1 Å². The molecule has 0 aromatic carbocycles. The zero-order valence-corrected chi connectivity index (χ0v) is 12.4. The first-order valence-corrected chi connectivity index (χ1v) is 7.78. The van der Waals surface area contributed by atoms with Gasteiger partial charge in [0.15, 0.2) is 4.34 Å². The molecule has 0 fully saturated rings. The molecule has 0 bridgehead atoms. The van der Waals surface area contributed by atoms with Crippen LogP contribution in [0.15, 0.2) is 10.3 Å². The van der Waals surface area contributed by atoms with Gasteiger partial charge in [0.05, 0.1) is 11.5 Å². The first kappa shape index (κ1) is 18.1. The van der Waals surface area contributed by atoms with Crippen LogP contribution in [0.25, 0.3) is 0 Å². The van der Waals surface area contributed by atoms with Crippen molar-refractivity contribution in [3.8, 4) is 0 Å². The molecule has 0 radical (unpaired) electrons. The SMILES string of the molecule is O=[N+]([O-])c1cc(S(=O)(=O)NCCOCC(F)(F)F)sc1Cl. The number of hydrogen-bond acceptors (Lipinski definition) is 6. The highest BCUT2D eigenvalue weighted by atomic mass is 35.5. The van der Waals surface area contributed by atoms with Crippen molar-refractivity contribution in [2.75, 3.05) is 19.8 Å². The van der Waals surface area contributed by atoms with Crippen molar-refractivity contribution in [2.24, 2.45) is 0 Å². The van der Waals surface area contributed by atoms with Crippen LogP contribution in [0.2, 0.25) is 4.34 Å². The molecular weight excluding hydrogens is 361 g/mol. The van der Waals surface area contributed by atoms with Crippen molar-refractivity contribution in [3.63, 3.8) is 0 Å². The molecule has 1 heterocycles. The summed E-state index contributed by atoms with van der Waals surface area (Å²) in [6.45, 7) is -2.41. The molecule has 1 N–H and O–H groups in total. The Kier molecular flexibility index (Phi) is 5.92. The van der Waals surface area contributed by atoms with Crippen LogP contribution in [0.5, 0.6) is 0 Å². The minimum atomic E-state index is -4.50. The van der Waals surface area contributed by atoms with E-state index in [0.717, 1.165) is 6.07 Å². The average Bonchev–Trinajstić information content (AvgIpc) is 2.70. The fourth-order valence-corrected chi connectivity index (χ4v) is 3.82. The second kappa shape index (κ2) is 6.87. The molecule has 21 heavy (non-hydrogen) atoms. The Morgan fingerprint density at radius 1 is 1.48 bits per heavy atom. The van der Waals surface area contributed by atoms with Crippen LogP contribution in [-0.2, 0) is 14.8 Å². The molecule has 0 unspecified atom stereocenters. The van der Waals surface area contributed by atoms with Gasteiger partial charge in [0.2, 0.25) is 10.0 Å². The van der Waals surface area contributed by atoms with Gasteiger partial charge in [0.1, 0.15) is 10.8 Å². The van der Waals surface area contributed by atoms with E-state index < -0.39 is 50.8 Å². The zero-order chi connectivity index (χ0) is 16.3. The number of sulfonamides is 1. The Labute approximate surface area is 125 Å². The molecule has 1 aromatic rings. The van der Waals surface area contributed by atoms with Crippen molar-refractivity contribution >= 4 is 38.6 Å². The normalized spacial score (nSPS) is 12.6. The van der Waals surface area contributed by atoms with Crippen LogP contribution in [0.3, 0.4) is 0 Å². The summed E-state index contributed by atoms with van der Waals surface area (Å²) in [4.78, 5) is 9.70. The minimum Gasteiger partial charge on any atom is -0.371 e. The van der Waals surface area contributed by atoms with Gasteiger partial charge in [-0.1, -0.05) is 11.6 Å². The highest BCUT2D eigenvalue weighted by molar-refractivity contribution is 7.91. The third-order valence-corrected chi connectivity index (χ3v) is 5.18. The minimum absolute atomic E-state index is 0.311. The van der Waals surface area contributed by atoms with Crippen LogP contribution in [-0.4, -0.2) is 39.3 Å². The Morgan fingerprint density at radius 3 is 2.57 bits per heavy atom. The third-order valence-electron chi connectivity index (χ3n) is 1.91. The lowest BCUT2D eigenvalue weighted by atomic mass is 10.6.